The van der Waals surface area contributed by atoms with Gasteiger partial charge < -0.3 is 15.1 Å². The van der Waals surface area contributed by atoms with Crippen LogP contribution in [-0.2, 0) is 4.79 Å². The molecule has 2 N–H and O–H groups in total. The van der Waals surface area contributed by atoms with E-state index >= 15 is 0 Å². The molecule has 0 atom stereocenters. The fraction of sp³-hybridized carbons (Fsp3) is 0.200. The molecule has 0 aliphatic rings. The molecule has 0 aliphatic carbocycles. The Morgan fingerprint density at radius 2 is 1.95 bits per heavy atom. The number of rotatable bonds is 3. The van der Waals surface area contributed by atoms with Crippen LogP contribution >= 0.6 is 0 Å². The smallest absolute Gasteiger partial charge is 0.268 e. The Hall–Kier alpha value is -3.50. The maximum Gasteiger partial charge on any atom is 0.268 e. The summed E-state index contributed by atoms with van der Waals surface area (Å²) >= 11 is 0. The summed E-state index contributed by atoms with van der Waals surface area (Å²) in [6, 6.07) is 7.63. The van der Waals surface area contributed by atoms with Crippen molar-refractivity contribution in [2.24, 2.45) is 0 Å². The van der Waals surface area contributed by atoms with Crippen molar-refractivity contribution in [3.8, 4) is 24.0 Å². The highest BCUT2D eigenvalue weighted by atomic mass is 16.3. The average molecular weight is 296 g/mol. The van der Waals surface area contributed by atoms with Crippen LogP contribution in [0.4, 0.5) is 0 Å². The van der Waals surface area contributed by atoms with Crippen molar-refractivity contribution in [1.82, 2.24) is 4.90 Å². The molecule has 110 valence electrons. The van der Waals surface area contributed by atoms with Crippen molar-refractivity contribution in [2.75, 3.05) is 13.6 Å². The average Bonchev–Trinajstić information content (AvgIpc) is 2.50. The minimum atomic E-state index is -0.814. The summed E-state index contributed by atoms with van der Waals surface area (Å²) in [5, 5.41) is 46.4. The van der Waals surface area contributed by atoms with E-state index in [1.807, 2.05) is 0 Å². The van der Waals surface area contributed by atoms with Crippen molar-refractivity contribution < 1.29 is 15.0 Å². The maximum atomic E-state index is 12.0. The molecule has 22 heavy (non-hydrogen) atoms. The van der Waals surface area contributed by atoms with E-state index in [9.17, 15) is 15.0 Å². The number of benzene rings is 1. The molecular formula is C15H12N4O3. The summed E-state index contributed by atoms with van der Waals surface area (Å²) in [5.74, 6) is -1.66. The minimum absolute atomic E-state index is 0.0575. The quantitative estimate of drug-likeness (QED) is 0.374. The molecule has 1 amide bonds. The van der Waals surface area contributed by atoms with Crippen molar-refractivity contribution in [3.63, 3.8) is 0 Å². The number of aryl methyl sites for hydroxylation is 1. The topological polar surface area (TPSA) is 132 Å². The van der Waals surface area contributed by atoms with Crippen LogP contribution in [0.15, 0.2) is 17.7 Å². The predicted octanol–water partition coefficient (Wildman–Crippen LogP) is 1.35. The van der Waals surface area contributed by atoms with Crippen molar-refractivity contribution in [3.05, 3.63) is 34.4 Å². The van der Waals surface area contributed by atoms with Gasteiger partial charge in [-0.15, -0.1) is 0 Å². The SMILES string of the molecule is Cc1cc(/C(O)=C(\C#N)C(=O)N(C)CC#N)cc(C#N)c1O. The second-order valence-corrected chi connectivity index (χ2v) is 4.46. The summed E-state index contributed by atoms with van der Waals surface area (Å²) in [7, 11) is 1.32. The zero-order valence-corrected chi connectivity index (χ0v) is 12.0. The molecule has 0 radical (unpaired) electrons. The molecule has 7 nitrogen and oxygen atoms in total. The van der Waals surface area contributed by atoms with Crippen LogP contribution in [-0.4, -0.2) is 34.6 Å². The molecule has 0 fully saturated rings. The van der Waals surface area contributed by atoms with Gasteiger partial charge in [-0.3, -0.25) is 4.79 Å². The van der Waals surface area contributed by atoms with Crippen molar-refractivity contribution in [1.29, 1.82) is 15.8 Å². The number of aromatic hydroxyl groups is 1. The summed E-state index contributed by atoms with van der Waals surface area (Å²) in [6.07, 6.45) is 0. The lowest BCUT2D eigenvalue weighted by atomic mass is 10.0. The Balaban J connectivity index is 3.44. The second kappa shape index (κ2) is 6.78. The number of hydrogen-bond donors (Lipinski definition) is 2. The molecule has 0 unspecified atom stereocenters. The summed E-state index contributed by atoms with van der Waals surface area (Å²) in [4.78, 5) is 13.0. The van der Waals surface area contributed by atoms with Gasteiger partial charge in [0.05, 0.1) is 11.6 Å². The van der Waals surface area contributed by atoms with Gasteiger partial charge in [-0.05, 0) is 24.6 Å². The number of aliphatic hydroxyl groups is 1. The van der Waals surface area contributed by atoms with E-state index in [1.165, 1.54) is 26.1 Å². The summed E-state index contributed by atoms with van der Waals surface area (Å²) < 4.78 is 0. The zero-order chi connectivity index (χ0) is 16.9. The Morgan fingerprint density at radius 1 is 1.32 bits per heavy atom. The third-order valence-corrected chi connectivity index (χ3v) is 2.91. The monoisotopic (exact) mass is 296 g/mol. The number of amides is 1. The molecule has 0 aromatic heterocycles. The number of phenolic OH excluding ortho intramolecular Hbond substituents is 1. The number of aliphatic hydroxyl groups excluding tert-OH is 1. The molecule has 0 aliphatic heterocycles. The Labute approximate surface area is 127 Å². The fourth-order valence-electron chi connectivity index (χ4n) is 1.72. The third kappa shape index (κ3) is 3.15. The fourth-order valence-corrected chi connectivity index (χ4v) is 1.72. The number of phenols is 1. The van der Waals surface area contributed by atoms with Gasteiger partial charge in [0.15, 0.2) is 5.57 Å². The normalized spacial score (nSPS) is 10.7. The lowest BCUT2D eigenvalue weighted by Gasteiger charge is -2.13. The van der Waals surface area contributed by atoms with Gasteiger partial charge in [0.2, 0.25) is 0 Å². The molecule has 1 aromatic carbocycles. The maximum absolute atomic E-state index is 12.0. The lowest BCUT2D eigenvalue weighted by molar-refractivity contribution is -0.124. The zero-order valence-electron chi connectivity index (χ0n) is 12.0. The molecule has 1 rings (SSSR count). The molecule has 7 heteroatoms. The van der Waals surface area contributed by atoms with Gasteiger partial charge in [-0.25, -0.2) is 0 Å². The second-order valence-electron chi connectivity index (χ2n) is 4.46. The Morgan fingerprint density at radius 3 is 2.45 bits per heavy atom. The van der Waals surface area contributed by atoms with Crippen molar-refractivity contribution >= 4 is 11.7 Å². The van der Waals surface area contributed by atoms with Crippen LogP contribution in [0.2, 0.25) is 0 Å². The first-order valence-electron chi connectivity index (χ1n) is 6.07. The van der Waals surface area contributed by atoms with E-state index in [0.29, 0.717) is 5.56 Å². The van der Waals surface area contributed by atoms with E-state index in [0.717, 1.165) is 4.90 Å². The van der Waals surface area contributed by atoms with Crippen LogP contribution < -0.4 is 0 Å². The first kappa shape index (κ1) is 16.6. The van der Waals surface area contributed by atoms with E-state index in [2.05, 4.69) is 0 Å². The highest BCUT2D eigenvalue weighted by Crippen LogP contribution is 2.27. The Kier molecular flexibility index (Phi) is 5.11. The predicted molar refractivity (Wildman–Crippen MR) is 76.0 cm³/mol. The number of hydrogen-bond acceptors (Lipinski definition) is 6. The number of carbonyl (C=O) groups excluding carboxylic acids is 1. The number of nitrogens with zero attached hydrogens (tertiary/aromatic N) is 4. The van der Waals surface area contributed by atoms with Gasteiger partial charge in [0.1, 0.15) is 30.2 Å². The van der Waals surface area contributed by atoms with Gasteiger partial charge in [-0.2, -0.15) is 15.8 Å². The largest absolute Gasteiger partial charge is 0.506 e. The third-order valence-electron chi connectivity index (χ3n) is 2.91. The summed E-state index contributed by atoms with van der Waals surface area (Å²) in [5.41, 5.74) is -0.263. The lowest BCUT2D eigenvalue weighted by Crippen LogP contribution is -2.28. The molecule has 0 saturated carbocycles. The standard InChI is InChI=1S/C15H12N4O3/c1-9-5-10(6-11(7-17)13(9)20)14(21)12(8-18)15(22)19(2)4-3-16/h5-6,20-21H,4H2,1-2H3/b14-12-. The highest BCUT2D eigenvalue weighted by molar-refractivity contribution is 6.03. The van der Waals surface area contributed by atoms with Crippen LogP contribution in [0.5, 0.6) is 5.75 Å². The first-order chi connectivity index (χ1) is 10.4. The van der Waals surface area contributed by atoms with E-state index in [-0.39, 0.29) is 23.4 Å². The molecule has 0 saturated heterocycles. The van der Waals surface area contributed by atoms with Crippen LogP contribution in [0, 0.1) is 40.9 Å². The van der Waals surface area contributed by atoms with E-state index < -0.39 is 17.2 Å². The molecule has 0 spiro atoms. The molecule has 0 bridgehead atoms. The van der Waals surface area contributed by atoms with Gasteiger partial charge in [0, 0.05) is 12.6 Å². The summed E-state index contributed by atoms with van der Waals surface area (Å²) in [6.45, 7) is 1.28. The van der Waals surface area contributed by atoms with Gasteiger partial charge in [-0.1, -0.05) is 0 Å². The Bertz CT molecular complexity index is 776. The van der Waals surface area contributed by atoms with Gasteiger partial charge >= 0.3 is 0 Å². The highest BCUT2D eigenvalue weighted by Gasteiger charge is 2.21. The minimum Gasteiger partial charge on any atom is -0.506 e. The number of nitriles is 3. The van der Waals surface area contributed by atoms with Crippen LogP contribution in [0.1, 0.15) is 16.7 Å². The van der Waals surface area contributed by atoms with E-state index in [4.69, 9.17) is 15.8 Å². The van der Waals surface area contributed by atoms with Crippen LogP contribution in [0.25, 0.3) is 5.76 Å². The molecule has 1 aromatic rings. The molecule has 0 heterocycles. The number of likely N-dealkylation sites (N-methyl/N-ethyl adjacent to an activating group) is 1. The van der Waals surface area contributed by atoms with Gasteiger partial charge in [0.25, 0.3) is 5.91 Å². The molecular weight excluding hydrogens is 284 g/mol. The van der Waals surface area contributed by atoms with Crippen molar-refractivity contribution in [2.45, 2.75) is 6.92 Å². The van der Waals surface area contributed by atoms with Crippen LogP contribution in [0.3, 0.4) is 0 Å². The number of carbonyl (C=O) groups is 1. The first-order valence-corrected chi connectivity index (χ1v) is 6.07. The van der Waals surface area contributed by atoms with E-state index in [1.54, 1.807) is 18.2 Å².